The van der Waals surface area contributed by atoms with Crippen molar-refractivity contribution in [2.75, 3.05) is 26.0 Å². The first-order valence-electron chi connectivity index (χ1n) is 6.28. The topological polar surface area (TPSA) is 38.5 Å². The number of aryl methyl sites for hydroxylation is 1. The lowest BCUT2D eigenvalue weighted by molar-refractivity contribution is 0.139. The zero-order chi connectivity index (χ0) is 12.3. The first kappa shape index (κ1) is 12.4. The smallest absolute Gasteiger partial charge is 0.0589 e. The molecule has 0 aromatic heterocycles. The Morgan fingerprint density at radius 1 is 1.41 bits per heavy atom. The molecular formula is C14H22N2O. The van der Waals surface area contributed by atoms with Crippen LogP contribution in [0.15, 0.2) is 18.2 Å². The molecule has 1 aliphatic rings. The van der Waals surface area contributed by atoms with Gasteiger partial charge in [0.25, 0.3) is 0 Å². The van der Waals surface area contributed by atoms with E-state index in [1.165, 1.54) is 18.4 Å². The van der Waals surface area contributed by atoms with E-state index < -0.39 is 0 Å². The Labute approximate surface area is 104 Å². The molecule has 0 amide bonds. The van der Waals surface area contributed by atoms with Crippen LogP contribution in [0, 0.1) is 6.92 Å². The molecule has 1 saturated carbocycles. The number of hydrogen-bond donors (Lipinski definition) is 1. The van der Waals surface area contributed by atoms with Gasteiger partial charge in [-0.1, -0.05) is 12.1 Å². The molecule has 1 fully saturated rings. The van der Waals surface area contributed by atoms with E-state index in [0.29, 0.717) is 0 Å². The summed E-state index contributed by atoms with van der Waals surface area (Å²) in [6, 6.07) is 7.13. The third kappa shape index (κ3) is 3.45. The highest BCUT2D eigenvalue weighted by molar-refractivity contribution is 5.48. The van der Waals surface area contributed by atoms with Crippen molar-refractivity contribution >= 4 is 5.69 Å². The van der Waals surface area contributed by atoms with Gasteiger partial charge in [0.05, 0.1) is 6.61 Å². The Hall–Kier alpha value is -1.06. The average molecular weight is 234 g/mol. The van der Waals surface area contributed by atoms with Crippen LogP contribution < -0.4 is 5.73 Å². The van der Waals surface area contributed by atoms with Crippen LogP contribution in [0.4, 0.5) is 5.69 Å². The predicted molar refractivity (Wildman–Crippen MR) is 70.9 cm³/mol. The Morgan fingerprint density at radius 2 is 2.18 bits per heavy atom. The number of nitrogens with two attached hydrogens (primary N) is 1. The molecular weight excluding hydrogens is 212 g/mol. The number of rotatable bonds is 6. The van der Waals surface area contributed by atoms with Crippen LogP contribution in [-0.4, -0.2) is 31.2 Å². The van der Waals surface area contributed by atoms with Gasteiger partial charge in [-0.15, -0.1) is 0 Å². The standard InChI is InChI=1S/C14H22N2O/c1-11-3-4-12(9-14(11)15)10-16(7-8-17-2)13-5-6-13/h3-4,9,13H,5-8,10,15H2,1-2H3. The summed E-state index contributed by atoms with van der Waals surface area (Å²) in [6.07, 6.45) is 2.65. The minimum Gasteiger partial charge on any atom is -0.399 e. The summed E-state index contributed by atoms with van der Waals surface area (Å²) in [4.78, 5) is 2.49. The number of nitrogen functional groups attached to an aromatic ring is 1. The largest absolute Gasteiger partial charge is 0.399 e. The molecule has 1 aromatic rings. The second kappa shape index (κ2) is 5.52. The quantitative estimate of drug-likeness (QED) is 0.767. The van der Waals surface area contributed by atoms with Crippen LogP contribution in [0.5, 0.6) is 0 Å². The highest BCUT2D eigenvalue weighted by Crippen LogP contribution is 2.28. The van der Waals surface area contributed by atoms with Crippen molar-refractivity contribution in [2.24, 2.45) is 0 Å². The van der Waals surface area contributed by atoms with Gasteiger partial charge in [0.15, 0.2) is 0 Å². The Bertz CT molecular complexity index is 374. The monoisotopic (exact) mass is 234 g/mol. The summed E-state index contributed by atoms with van der Waals surface area (Å²) >= 11 is 0. The fraction of sp³-hybridized carbons (Fsp3) is 0.571. The highest BCUT2D eigenvalue weighted by Gasteiger charge is 2.28. The third-order valence-corrected chi connectivity index (χ3v) is 3.38. The minimum absolute atomic E-state index is 0.757. The van der Waals surface area contributed by atoms with E-state index in [0.717, 1.165) is 37.0 Å². The van der Waals surface area contributed by atoms with Gasteiger partial charge in [-0.2, -0.15) is 0 Å². The van der Waals surface area contributed by atoms with Gasteiger partial charge in [-0.25, -0.2) is 0 Å². The van der Waals surface area contributed by atoms with E-state index in [1.54, 1.807) is 7.11 Å². The fourth-order valence-electron chi connectivity index (χ4n) is 2.06. The third-order valence-electron chi connectivity index (χ3n) is 3.38. The number of nitrogens with zero attached hydrogens (tertiary/aromatic N) is 1. The van der Waals surface area contributed by atoms with E-state index in [9.17, 15) is 0 Å². The number of anilines is 1. The van der Waals surface area contributed by atoms with Crippen molar-refractivity contribution in [1.29, 1.82) is 0 Å². The molecule has 0 unspecified atom stereocenters. The molecule has 0 radical (unpaired) electrons. The molecule has 3 nitrogen and oxygen atoms in total. The number of methoxy groups -OCH3 is 1. The molecule has 0 spiro atoms. The molecule has 17 heavy (non-hydrogen) atoms. The minimum atomic E-state index is 0.757. The van der Waals surface area contributed by atoms with Gasteiger partial charge < -0.3 is 10.5 Å². The molecule has 0 saturated heterocycles. The molecule has 0 heterocycles. The lowest BCUT2D eigenvalue weighted by atomic mass is 10.1. The normalized spacial score (nSPS) is 15.5. The Morgan fingerprint density at radius 3 is 2.76 bits per heavy atom. The number of hydrogen-bond acceptors (Lipinski definition) is 3. The maximum absolute atomic E-state index is 5.95. The molecule has 1 aliphatic carbocycles. The van der Waals surface area contributed by atoms with Crippen molar-refractivity contribution in [1.82, 2.24) is 4.90 Å². The fourth-order valence-corrected chi connectivity index (χ4v) is 2.06. The van der Waals surface area contributed by atoms with Gasteiger partial charge in [-0.05, 0) is 37.0 Å². The maximum Gasteiger partial charge on any atom is 0.0589 e. The SMILES string of the molecule is COCCN(Cc1ccc(C)c(N)c1)C1CC1. The second-order valence-corrected chi connectivity index (χ2v) is 4.89. The summed E-state index contributed by atoms with van der Waals surface area (Å²) in [5.74, 6) is 0. The van der Waals surface area contributed by atoms with Crippen LogP contribution in [-0.2, 0) is 11.3 Å². The van der Waals surface area contributed by atoms with Gasteiger partial charge in [0.1, 0.15) is 0 Å². The van der Waals surface area contributed by atoms with E-state index in [-0.39, 0.29) is 0 Å². The van der Waals surface area contributed by atoms with E-state index >= 15 is 0 Å². The first-order valence-corrected chi connectivity index (χ1v) is 6.28. The molecule has 0 aliphatic heterocycles. The van der Waals surface area contributed by atoms with E-state index in [1.807, 2.05) is 6.92 Å². The Balaban J connectivity index is 1.98. The summed E-state index contributed by atoms with van der Waals surface area (Å²) in [6.45, 7) is 4.84. The van der Waals surface area contributed by atoms with Crippen molar-refractivity contribution in [3.63, 3.8) is 0 Å². The van der Waals surface area contributed by atoms with E-state index in [4.69, 9.17) is 10.5 Å². The average Bonchev–Trinajstić information content (AvgIpc) is 3.13. The summed E-state index contributed by atoms with van der Waals surface area (Å²) in [7, 11) is 1.76. The van der Waals surface area contributed by atoms with Crippen molar-refractivity contribution in [3.05, 3.63) is 29.3 Å². The van der Waals surface area contributed by atoms with Crippen molar-refractivity contribution in [3.8, 4) is 0 Å². The van der Waals surface area contributed by atoms with E-state index in [2.05, 4.69) is 23.1 Å². The predicted octanol–water partition coefficient (Wildman–Crippen LogP) is 2.19. The lowest BCUT2D eigenvalue weighted by Gasteiger charge is -2.21. The van der Waals surface area contributed by atoms with Gasteiger partial charge in [-0.3, -0.25) is 4.90 Å². The van der Waals surface area contributed by atoms with Gasteiger partial charge in [0.2, 0.25) is 0 Å². The van der Waals surface area contributed by atoms with Crippen LogP contribution in [0.3, 0.4) is 0 Å². The molecule has 1 aromatic carbocycles. The first-order chi connectivity index (χ1) is 8.20. The molecule has 0 atom stereocenters. The Kier molecular flexibility index (Phi) is 4.02. The van der Waals surface area contributed by atoms with Crippen LogP contribution in [0.25, 0.3) is 0 Å². The molecule has 2 rings (SSSR count). The highest BCUT2D eigenvalue weighted by atomic mass is 16.5. The zero-order valence-corrected chi connectivity index (χ0v) is 10.8. The molecule has 2 N–H and O–H groups in total. The molecule has 0 bridgehead atoms. The van der Waals surface area contributed by atoms with Crippen molar-refractivity contribution in [2.45, 2.75) is 32.4 Å². The second-order valence-electron chi connectivity index (χ2n) is 4.89. The number of benzene rings is 1. The lowest BCUT2D eigenvalue weighted by Crippen LogP contribution is -2.29. The summed E-state index contributed by atoms with van der Waals surface area (Å²) in [5, 5.41) is 0. The van der Waals surface area contributed by atoms with Gasteiger partial charge >= 0.3 is 0 Å². The zero-order valence-electron chi connectivity index (χ0n) is 10.8. The van der Waals surface area contributed by atoms with Crippen LogP contribution in [0.2, 0.25) is 0 Å². The maximum atomic E-state index is 5.95. The van der Waals surface area contributed by atoms with Crippen LogP contribution >= 0.6 is 0 Å². The molecule has 3 heteroatoms. The molecule has 94 valence electrons. The number of ether oxygens (including phenoxy) is 1. The summed E-state index contributed by atoms with van der Waals surface area (Å²) < 4.78 is 5.16. The van der Waals surface area contributed by atoms with Crippen LogP contribution in [0.1, 0.15) is 24.0 Å². The summed E-state index contributed by atoms with van der Waals surface area (Å²) in [5.41, 5.74) is 9.30. The van der Waals surface area contributed by atoms with Gasteiger partial charge in [0, 0.05) is 31.9 Å². The van der Waals surface area contributed by atoms with Crippen molar-refractivity contribution < 1.29 is 4.74 Å².